The van der Waals surface area contributed by atoms with E-state index < -0.39 is 10.5 Å². The van der Waals surface area contributed by atoms with Gasteiger partial charge in [-0.2, -0.15) is 0 Å². The molecular formula is C14H21N3O3. The Hall–Kier alpha value is -1.95. The Labute approximate surface area is 118 Å². The van der Waals surface area contributed by atoms with Crippen molar-refractivity contribution >= 4 is 11.6 Å². The van der Waals surface area contributed by atoms with Crippen molar-refractivity contribution in [2.24, 2.45) is 11.7 Å². The van der Waals surface area contributed by atoms with Crippen molar-refractivity contribution in [1.82, 2.24) is 5.32 Å². The molecule has 0 radical (unpaired) electrons. The van der Waals surface area contributed by atoms with Crippen LogP contribution in [0.15, 0.2) is 18.2 Å². The van der Waals surface area contributed by atoms with Gasteiger partial charge in [-0.15, -0.1) is 0 Å². The maximum Gasteiger partial charge on any atom is 0.272 e. The number of hydrogen-bond acceptors (Lipinski definition) is 4. The molecule has 0 heterocycles. The lowest BCUT2D eigenvalue weighted by Gasteiger charge is -2.33. The van der Waals surface area contributed by atoms with Gasteiger partial charge in [-0.1, -0.05) is 13.8 Å². The van der Waals surface area contributed by atoms with Crippen LogP contribution in [0.5, 0.6) is 0 Å². The van der Waals surface area contributed by atoms with Crippen molar-refractivity contribution in [3.8, 4) is 0 Å². The number of carbonyl (C=O) groups is 1. The first-order chi connectivity index (χ1) is 9.21. The highest BCUT2D eigenvalue weighted by atomic mass is 16.6. The van der Waals surface area contributed by atoms with Crippen LogP contribution in [0.4, 0.5) is 5.69 Å². The largest absolute Gasteiger partial charge is 0.345 e. The molecule has 0 saturated carbocycles. The van der Waals surface area contributed by atoms with Gasteiger partial charge < -0.3 is 11.1 Å². The van der Waals surface area contributed by atoms with E-state index in [1.165, 1.54) is 18.2 Å². The molecule has 0 aromatic heterocycles. The van der Waals surface area contributed by atoms with E-state index in [-0.39, 0.29) is 17.5 Å². The van der Waals surface area contributed by atoms with E-state index in [0.29, 0.717) is 17.7 Å². The second-order valence-corrected chi connectivity index (χ2v) is 5.49. The smallest absolute Gasteiger partial charge is 0.272 e. The lowest BCUT2D eigenvalue weighted by atomic mass is 9.88. The van der Waals surface area contributed by atoms with Gasteiger partial charge in [0.15, 0.2) is 0 Å². The monoisotopic (exact) mass is 279 g/mol. The van der Waals surface area contributed by atoms with Crippen molar-refractivity contribution < 1.29 is 9.72 Å². The average Bonchev–Trinajstić information content (AvgIpc) is 2.37. The molecule has 20 heavy (non-hydrogen) atoms. The Morgan fingerprint density at radius 1 is 1.50 bits per heavy atom. The molecule has 6 nitrogen and oxygen atoms in total. The predicted octanol–water partition coefficient (Wildman–Crippen LogP) is 2.01. The second kappa shape index (κ2) is 6.00. The number of nitrogens with two attached hydrogens (primary N) is 1. The van der Waals surface area contributed by atoms with Crippen LogP contribution in [-0.4, -0.2) is 22.9 Å². The molecule has 1 aromatic rings. The summed E-state index contributed by atoms with van der Waals surface area (Å²) >= 11 is 0. The fraction of sp³-hybridized carbons (Fsp3) is 0.500. The minimum atomic E-state index is -0.507. The third-order valence-corrected chi connectivity index (χ3v) is 3.75. The third-order valence-electron chi connectivity index (χ3n) is 3.75. The summed E-state index contributed by atoms with van der Waals surface area (Å²) in [7, 11) is 0. The topological polar surface area (TPSA) is 98.3 Å². The van der Waals surface area contributed by atoms with Gasteiger partial charge in [0, 0.05) is 23.7 Å². The zero-order valence-electron chi connectivity index (χ0n) is 12.3. The summed E-state index contributed by atoms with van der Waals surface area (Å²) in [5.74, 6) is -0.0970. The van der Waals surface area contributed by atoms with E-state index in [4.69, 9.17) is 5.73 Å². The van der Waals surface area contributed by atoms with E-state index in [2.05, 4.69) is 5.32 Å². The van der Waals surface area contributed by atoms with Gasteiger partial charge >= 0.3 is 0 Å². The summed E-state index contributed by atoms with van der Waals surface area (Å²) in [6, 6.07) is 4.32. The Bertz CT molecular complexity index is 528. The van der Waals surface area contributed by atoms with Crippen LogP contribution in [0.3, 0.4) is 0 Å². The molecule has 110 valence electrons. The molecule has 0 aliphatic rings. The van der Waals surface area contributed by atoms with E-state index in [9.17, 15) is 14.9 Å². The van der Waals surface area contributed by atoms with Crippen molar-refractivity contribution in [2.75, 3.05) is 6.54 Å². The molecule has 1 unspecified atom stereocenters. The van der Waals surface area contributed by atoms with E-state index in [0.717, 1.165) is 0 Å². The Balaban J connectivity index is 2.99. The molecule has 0 fully saturated rings. The van der Waals surface area contributed by atoms with Gasteiger partial charge in [-0.25, -0.2) is 0 Å². The average molecular weight is 279 g/mol. The van der Waals surface area contributed by atoms with Crippen molar-refractivity contribution in [3.63, 3.8) is 0 Å². The van der Waals surface area contributed by atoms with E-state index in [1.54, 1.807) is 6.92 Å². The second-order valence-electron chi connectivity index (χ2n) is 5.49. The number of nitrogens with zero attached hydrogens (tertiary/aromatic N) is 1. The van der Waals surface area contributed by atoms with Crippen LogP contribution in [-0.2, 0) is 0 Å². The minimum absolute atomic E-state index is 0.00648. The van der Waals surface area contributed by atoms with Crippen molar-refractivity contribution in [2.45, 2.75) is 33.2 Å². The van der Waals surface area contributed by atoms with Crippen LogP contribution < -0.4 is 11.1 Å². The number of aryl methyl sites for hydroxylation is 1. The highest BCUT2D eigenvalue weighted by Crippen LogP contribution is 2.20. The van der Waals surface area contributed by atoms with Crippen molar-refractivity contribution in [1.29, 1.82) is 0 Å². The molecule has 0 aliphatic heterocycles. The SMILES string of the molecule is Cc1cc(C(=O)NC(C)(CN)C(C)C)ccc1[N+](=O)[O-]. The fourth-order valence-electron chi connectivity index (χ4n) is 1.76. The first-order valence-corrected chi connectivity index (χ1v) is 6.49. The highest BCUT2D eigenvalue weighted by Gasteiger charge is 2.29. The number of nitro benzene ring substituents is 1. The lowest BCUT2D eigenvalue weighted by molar-refractivity contribution is -0.385. The molecule has 0 saturated heterocycles. The van der Waals surface area contributed by atoms with Crippen LogP contribution >= 0.6 is 0 Å². The maximum atomic E-state index is 12.2. The first-order valence-electron chi connectivity index (χ1n) is 6.49. The molecule has 6 heteroatoms. The fourth-order valence-corrected chi connectivity index (χ4v) is 1.76. The van der Waals surface area contributed by atoms with Crippen molar-refractivity contribution in [3.05, 3.63) is 39.4 Å². The van der Waals surface area contributed by atoms with Gasteiger partial charge in [-0.3, -0.25) is 14.9 Å². The van der Waals surface area contributed by atoms with Gasteiger partial charge in [-0.05, 0) is 31.9 Å². The molecule has 1 amide bonds. The number of rotatable bonds is 5. The summed E-state index contributed by atoms with van der Waals surface area (Å²) < 4.78 is 0. The van der Waals surface area contributed by atoms with Gasteiger partial charge in [0.2, 0.25) is 0 Å². The predicted molar refractivity (Wildman–Crippen MR) is 77.6 cm³/mol. The number of nitrogens with one attached hydrogen (secondary N) is 1. The number of nitro groups is 1. The lowest BCUT2D eigenvalue weighted by Crippen LogP contribution is -2.55. The summed E-state index contributed by atoms with van der Waals surface area (Å²) in [4.78, 5) is 22.5. The number of carbonyl (C=O) groups excluding carboxylic acids is 1. The minimum Gasteiger partial charge on any atom is -0.345 e. The normalized spacial score (nSPS) is 13.9. The molecule has 0 spiro atoms. The maximum absolute atomic E-state index is 12.2. The quantitative estimate of drug-likeness (QED) is 0.636. The Morgan fingerprint density at radius 2 is 2.10 bits per heavy atom. The first kappa shape index (κ1) is 16.1. The zero-order valence-corrected chi connectivity index (χ0v) is 12.3. The Kier molecular flexibility index (Phi) is 4.83. The van der Waals surface area contributed by atoms with Crippen LogP contribution in [0.25, 0.3) is 0 Å². The molecule has 1 rings (SSSR count). The van der Waals surface area contributed by atoms with Crippen LogP contribution in [0.2, 0.25) is 0 Å². The molecule has 1 aromatic carbocycles. The summed E-state index contributed by atoms with van der Waals surface area (Å²) in [5.41, 5.74) is 6.08. The zero-order chi connectivity index (χ0) is 15.5. The summed E-state index contributed by atoms with van der Waals surface area (Å²) in [5, 5.41) is 13.7. The number of amides is 1. The molecular weight excluding hydrogens is 258 g/mol. The van der Waals surface area contributed by atoms with Crippen LogP contribution in [0.1, 0.15) is 36.7 Å². The Morgan fingerprint density at radius 3 is 2.50 bits per heavy atom. The van der Waals surface area contributed by atoms with Crippen LogP contribution in [0, 0.1) is 23.0 Å². The van der Waals surface area contributed by atoms with Gasteiger partial charge in [0.1, 0.15) is 0 Å². The number of hydrogen-bond donors (Lipinski definition) is 2. The number of benzene rings is 1. The molecule has 0 aliphatic carbocycles. The standard InChI is InChI=1S/C14H21N3O3/c1-9(2)14(4,8-15)16-13(18)11-5-6-12(17(19)20)10(3)7-11/h5-7,9H,8,15H2,1-4H3,(H,16,18). The van der Waals surface area contributed by atoms with E-state index in [1.807, 2.05) is 20.8 Å². The van der Waals surface area contributed by atoms with E-state index >= 15 is 0 Å². The third kappa shape index (κ3) is 3.33. The molecule has 1 atom stereocenters. The van der Waals surface area contributed by atoms with Gasteiger partial charge in [0.05, 0.1) is 10.5 Å². The molecule has 0 bridgehead atoms. The summed E-state index contributed by atoms with van der Waals surface area (Å²) in [6.45, 7) is 7.78. The highest BCUT2D eigenvalue weighted by molar-refractivity contribution is 5.95. The van der Waals surface area contributed by atoms with Gasteiger partial charge in [0.25, 0.3) is 11.6 Å². The molecule has 3 N–H and O–H groups in total. The summed E-state index contributed by atoms with van der Waals surface area (Å²) in [6.07, 6.45) is 0.